The molecule has 0 aliphatic carbocycles. The summed E-state index contributed by atoms with van der Waals surface area (Å²) in [5, 5.41) is 6.33. The Kier molecular flexibility index (Phi) is 4.82. The summed E-state index contributed by atoms with van der Waals surface area (Å²) < 4.78 is 23.0. The Morgan fingerprint density at radius 3 is 2.48 bits per heavy atom. The van der Waals surface area contributed by atoms with Crippen LogP contribution in [-0.2, 0) is 14.6 Å². The van der Waals surface area contributed by atoms with E-state index in [-0.39, 0.29) is 24.0 Å². The fourth-order valence-electron chi connectivity index (χ4n) is 2.24. The van der Waals surface area contributed by atoms with E-state index in [2.05, 4.69) is 10.6 Å². The Bertz CT molecular complexity index is 643. The van der Waals surface area contributed by atoms with E-state index in [1.165, 1.54) is 0 Å². The molecular weight excluding hydrogens is 335 g/mol. The molecule has 1 aliphatic rings. The van der Waals surface area contributed by atoms with Gasteiger partial charge in [0.2, 0.25) is 5.91 Å². The maximum Gasteiger partial charge on any atom is 0.238 e. The number of hydrogen-bond acceptors (Lipinski definition) is 4. The minimum Gasteiger partial charge on any atom is -0.322 e. The van der Waals surface area contributed by atoms with Gasteiger partial charge in [-0.2, -0.15) is 0 Å². The second kappa shape index (κ2) is 6.12. The highest BCUT2D eigenvalue weighted by atomic mass is 35.5. The fraction of sp³-hybridized carbons (Fsp3) is 0.462. The number of halogens is 2. The third-order valence-electron chi connectivity index (χ3n) is 3.41. The molecule has 1 aromatic carbocycles. The van der Waals surface area contributed by atoms with Crippen molar-refractivity contribution in [2.45, 2.75) is 18.9 Å². The predicted molar refractivity (Wildman–Crippen MR) is 84.8 cm³/mol. The maximum atomic E-state index is 11.9. The fourth-order valence-corrected chi connectivity index (χ4v) is 4.86. The lowest BCUT2D eigenvalue weighted by atomic mass is 10.0. The Morgan fingerprint density at radius 2 is 1.95 bits per heavy atom. The minimum atomic E-state index is -3.01. The summed E-state index contributed by atoms with van der Waals surface area (Å²) in [6.07, 6.45) is 0.495. The van der Waals surface area contributed by atoms with Crippen molar-refractivity contribution in [1.29, 1.82) is 0 Å². The summed E-state index contributed by atoms with van der Waals surface area (Å²) in [7, 11) is -3.01. The lowest BCUT2D eigenvalue weighted by Crippen LogP contribution is -2.46. The number of amides is 1. The number of benzene rings is 1. The molecule has 1 atom stereocenters. The molecule has 1 amide bonds. The number of hydrogen-bond donors (Lipinski definition) is 2. The van der Waals surface area contributed by atoms with E-state index in [1.807, 2.05) is 0 Å². The molecule has 2 N–H and O–H groups in total. The number of carbonyl (C=O) groups excluding carboxylic acids is 1. The summed E-state index contributed by atoms with van der Waals surface area (Å²) in [5.74, 6) is -0.135. The van der Waals surface area contributed by atoms with Gasteiger partial charge in [-0.25, -0.2) is 8.42 Å². The zero-order chi connectivity index (χ0) is 15.7. The van der Waals surface area contributed by atoms with Crippen LogP contribution in [0.25, 0.3) is 0 Å². The molecule has 2 rings (SSSR count). The molecule has 116 valence electrons. The molecule has 1 unspecified atom stereocenters. The molecule has 1 heterocycles. The molecule has 1 fully saturated rings. The number of para-hydroxylation sites is 1. The van der Waals surface area contributed by atoms with E-state index < -0.39 is 15.4 Å². The monoisotopic (exact) mass is 350 g/mol. The number of rotatable bonds is 4. The van der Waals surface area contributed by atoms with Crippen LogP contribution in [-0.4, -0.2) is 37.9 Å². The molecule has 0 spiro atoms. The summed E-state index contributed by atoms with van der Waals surface area (Å²) >= 11 is 11.9. The van der Waals surface area contributed by atoms with E-state index in [0.717, 1.165) is 0 Å². The second-order valence-corrected chi connectivity index (χ2v) is 8.40. The van der Waals surface area contributed by atoms with Crippen molar-refractivity contribution in [3.8, 4) is 0 Å². The van der Waals surface area contributed by atoms with Gasteiger partial charge in [-0.15, -0.1) is 0 Å². The van der Waals surface area contributed by atoms with Crippen molar-refractivity contribution in [3.63, 3.8) is 0 Å². The summed E-state index contributed by atoms with van der Waals surface area (Å²) in [6.45, 7) is 1.79. The molecule has 0 saturated carbocycles. The number of carbonyl (C=O) groups is 1. The predicted octanol–water partition coefficient (Wildman–Crippen LogP) is 2.10. The average molecular weight is 351 g/mol. The molecule has 5 nitrogen and oxygen atoms in total. The highest BCUT2D eigenvalue weighted by Gasteiger charge is 2.38. The van der Waals surface area contributed by atoms with Crippen LogP contribution in [0.3, 0.4) is 0 Å². The van der Waals surface area contributed by atoms with Crippen LogP contribution in [0.1, 0.15) is 13.3 Å². The van der Waals surface area contributed by atoms with Crippen LogP contribution >= 0.6 is 23.2 Å². The number of anilines is 1. The van der Waals surface area contributed by atoms with Crippen molar-refractivity contribution >= 4 is 44.6 Å². The SMILES string of the molecule is CC1(NCC(=O)Nc2c(Cl)cccc2Cl)CCS(=O)(=O)C1. The van der Waals surface area contributed by atoms with E-state index in [0.29, 0.717) is 22.2 Å². The van der Waals surface area contributed by atoms with E-state index in [9.17, 15) is 13.2 Å². The van der Waals surface area contributed by atoms with Crippen molar-refractivity contribution in [2.24, 2.45) is 0 Å². The lowest BCUT2D eigenvalue weighted by Gasteiger charge is -2.23. The van der Waals surface area contributed by atoms with Gasteiger partial charge in [-0.3, -0.25) is 4.79 Å². The summed E-state index contributed by atoms with van der Waals surface area (Å²) in [6, 6.07) is 4.94. The van der Waals surface area contributed by atoms with Crippen LogP contribution in [0, 0.1) is 0 Å². The van der Waals surface area contributed by atoms with Crippen LogP contribution < -0.4 is 10.6 Å². The van der Waals surface area contributed by atoms with E-state index in [4.69, 9.17) is 23.2 Å². The normalized spacial score (nSPS) is 24.0. The average Bonchev–Trinajstić information content (AvgIpc) is 2.67. The van der Waals surface area contributed by atoms with Gasteiger partial charge in [-0.05, 0) is 25.5 Å². The molecule has 1 aromatic rings. The third kappa shape index (κ3) is 4.32. The molecule has 0 bridgehead atoms. The van der Waals surface area contributed by atoms with Gasteiger partial charge in [0.1, 0.15) is 0 Å². The molecule has 0 aromatic heterocycles. The van der Waals surface area contributed by atoms with Crippen LogP contribution in [0.5, 0.6) is 0 Å². The zero-order valence-electron chi connectivity index (χ0n) is 11.4. The molecule has 1 aliphatic heterocycles. The largest absolute Gasteiger partial charge is 0.322 e. The van der Waals surface area contributed by atoms with Gasteiger partial charge in [0.05, 0.1) is 33.8 Å². The van der Waals surface area contributed by atoms with Crippen molar-refractivity contribution < 1.29 is 13.2 Å². The topological polar surface area (TPSA) is 75.3 Å². The Morgan fingerprint density at radius 1 is 1.33 bits per heavy atom. The van der Waals surface area contributed by atoms with E-state index >= 15 is 0 Å². The zero-order valence-corrected chi connectivity index (χ0v) is 13.8. The number of sulfone groups is 1. The first-order valence-corrected chi connectivity index (χ1v) is 8.98. The molecule has 21 heavy (non-hydrogen) atoms. The third-order valence-corrected chi connectivity index (χ3v) is 5.94. The van der Waals surface area contributed by atoms with Crippen LogP contribution in [0.4, 0.5) is 5.69 Å². The standard InChI is InChI=1S/C13H16Cl2N2O3S/c1-13(5-6-21(19,20)8-13)16-7-11(18)17-12-9(14)3-2-4-10(12)15/h2-4,16H,5-8H2,1H3,(H,17,18). The Balaban J connectivity index is 1.94. The molecule has 8 heteroatoms. The van der Waals surface area contributed by atoms with Gasteiger partial charge in [0.15, 0.2) is 9.84 Å². The minimum absolute atomic E-state index is 0.00638. The smallest absolute Gasteiger partial charge is 0.238 e. The van der Waals surface area contributed by atoms with Crippen LogP contribution in [0.2, 0.25) is 10.0 Å². The lowest BCUT2D eigenvalue weighted by molar-refractivity contribution is -0.115. The highest BCUT2D eigenvalue weighted by Crippen LogP contribution is 2.29. The van der Waals surface area contributed by atoms with Gasteiger partial charge in [0.25, 0.3) is 0 Å². The maximum absolute atomic E-state index is 11.9. The Labute approximate surface area is 133 Å². The highest BCUT2D eigenvalue weighted by molar-refractivity contribution is 7.91. The van der Waals surface area contributed by atoms with E-state index in [1.54, 1.807) is 25.1 Å². The second-order valence-electron chi connectivity index (χ2n) is 5.40. The number of nitrogens with one attached hydrogen (secondary N) is 2. The van der Waals surface area contributed by atoms with Crippen LogP contribution in [0.15, 0.2) is 18.2 Å². The van der Waals surface area contributed by atoms with Gasteiger partial charge in [-0.1, -0.05) is 29.3 Å². The molecular formula is C13H16Cl2N2O3S. The quantitative estimate of drug-likeness (QED) is 0.871. The summed E-state index contributed by atoms with van der Waals surface area (Å²) in [5.41, 5.74) is -0.211. The van der Waals surface area contributed by atoms with Gasteiger partial charge in [0, 0.05) is 5.54 Å². The first-order valence-electron chi connectivity index (χ1n) is 6.40. The molecule has 1 saturated heterocycles. The first-order chi connectivity index (χ1) is 9.71. The Hall–Kier alpha value is -0.820. The van der Waals surface area contributed by atoms with Crippen molar-refractivity contribution in [3.05, 3.63) is 28.2 Å². The van der Waals surface area contributed by atoms with Gasteiger partial charge < -0.3 is 10.6 Å². The van der Waals surface area contributed by atoms with Crippen molar-refractivity contribution in [2.75, 3.05) is 23.4 Å². The molecule has 0 radical (unpaired) electrons. The van der Waals surface area contributed by atoms with Gasteiger partial charge >= 0.3 is 0 Å². The first kappa shape index (κ1) is 16.5. The summed E-state index contributed by atoms with van der Waals surface area (Å²) in [4.78, 5) is 11.9. The van der Waals surface area contributed by atoms with Crippen molar-refractivity contribution in [1.82, 2.24) is 5.32 Å².